The third-order valence-electron chi connectivity index (χ3n) is 3.04. The lowest BCUT2D eigenvalue weighted by atomic mass is 10.0. The number of rotatable bonds is 4. The second kappa shape index (κ2) is 4.61. The molecule has 0 bridgehead atoms. The summed E-state index contributed by atoms with van der Waals surface area (Å²) in [5.74, 6) is 0.108. The Bertz CT molecular complexity index is 182. The molecule has 2 atom stereocenters. The molecule has 0 spiro atoms. The molecule has 1 aliphatic rings. The molecule has 0 radical (unpaired) electrons. The quantitative estimate of drug-likeness (QED) is 0.723. The van der Waals surface area contributed by atoms with E-state index in [2.05, 4.69) is 18.9 Å². The van der Waals surface area contributed by atoms with Crippen molar-refractivity contribution in [3.05, 3.63) is 0 Å². The highest BCUT2D eigenvalue weighted by Gasteiger charge is 2.28. The summed E-state index contributed by atoms with van der Waals surface area (Å²) in [5.41, 5.74) is 0. The van der Waals surface area contributed by atoms with Crippen LogP contribution in [0, 0.1) is 5.92 Å². The van der Waals surface area contributed by atoms with Gasteiger partial charge in [0.05, 0.1) is 0 Å². The molecule has 0 aromatic carbocycles. The van der Waals surface area contributed by atoms with Crippen LogP contribution in [0.15, 0.2) is 0 Å². The fourth-order valence-corrected chi connectivity index (χ4v) is 2.12. The smallest absolute Gasteiger partial charge is 0.303 e. The highest BCUT2D eigenvalue weighted by molar-refractivity contribution is 5.66. The van der Waals surface area contributed by atoms with Crippen LogP contribution < -0.4 is 0 Å². The van der Waals surface area contributed by atoms with E-state index in [9.17, 15) is 4.79 Å². The maximum atomic E-state index is 10.4. The highest BCUT2D eigenvalue weighted by atomic mass is 16.4. The van der Waals surface area contributed by atoms with Crippen molar-refractivity contribution in [2.45, 2.75) is 38.6 Å². The zero-order chi connectivity index (χ0) is 9.84. The van der Waals surface area contributed by atoms with E-state index in [4.69, 9.17) is 5.11 Å². The molecular formula is C10H19NO2. The summed E-state index contributed by atoms with van der Waals surface area (Å²) in [7, 11) is 2.10. The highest BCUT2D eigenvalue weighted by Crippen LogP contribution is 2.26. The number of aliphatic carboxylic acids is 1. The zero-order valence-electron chi connectivity index (χ0n) is 8.49. The summed E-state index contributed by atoms with van der Waals surface area (Å²) < 4.78 is 0. The minimum absolute atomic E-state index is 0.311. The molecule has 3 heteroatoms. The van der Waals surface area contributed by atoms with E-state index in [0.717, 1.165) is 18.9 Å². The van der Waals surface area contributed by atoms with E-state index in [1.807, 2.05) is 0 Å². The van der Waals surface area contributed by atoms with Crippen LogP contribution in [-0.4, -0.2) is 35.6 Å². The number of nitrogens with zero attached hydrogens (tertiary/aromatic N) is 1. The molecular weight excluding hydrogens is 166 g/mol. The van der Waals surface area contributed by atoms with Crippen molar-refractivity contribution in [1.82, 2.24) is 4.90 Å². The minimum atomic E-state index is -0.673. The molecule has 1 heterocycles. The number of hydrogen-bond acceptors (Lipinski definition) is 2. The Balaban J connectivity index is 2.30. The number of hydrogen-bond donors (Lipinski definition) is 1. The van der Waals surface area contributed by atoms with Gasteiger partial charge in [-0.3, -0.25) is 4.79 Å². The molecule has 13 heavy (non-hydrogen) atoms. The first-order valence-electron chi connectivity index (χ1n) is 5.05. The fourth-order valence-electron chi connectivity index (χ4n) is 2.12. The van der Waals surface area contributed by atoms with Crippen LogP contribution in [-0.2, 0) is 4.79 Å². The van der Waals surface area contributed by atoms with Gasteiger partial charge in [0.15, 0.2) is 0 Å². The van der Waals surface area contributed by atoms with Gasteiger partial charge in [0.2, 0.25) is 0 Å². The molecule has 0 aromatic rings. The number of carboxylic acids is 1. The number of carboxylic acid groups (broad SMARTS) is 1. The van der Waals surface area contributed by atoms with Crippen LogP contribution >= 0.6 is 0 Å². The van der Waals surface area contributed by atoms with Gasteiger partial charge in [-0.25, -0.2) is 0 Å². The topological polar surface area (TPSA) is 40.5 Å². The molecule has 0 aliphatic carbocycles. The van der Waals surface area contributed by atoms with Crippen molar-refractivity contribution >= 4 is 5.97 Å². The molecule has 2 unspecified atom stereocenters. The van der Waals surface area contributed by atoms with Crippen LogP contribution in [0.5, 0.6) is 0 Å². The SMILES string of the molecule is CCC1CC(CCC(=O)O)N(C)C1. The summed E-state index contributed by atoms with van der Waals surface area (Å²) in [6.07, 6.45) is 3.52. The summed E-state index contributed by atoms with van der Waals surface area (Å²) in [5, 5.41) is 8.56. The lowest BCUT2D eigenvalue weighted by Gasteiger charge is -2.17. The molecule has 0 aromatic heterocycles. The predicted octanol–water partition coefficient (Wildman–Crippen LogP) is 1.58. The van der Waals surface area contributed by atoms with E-state index >= 15 is 0 Å². The van der Waals surface area contributed by atoms with Gasteiger partial charge in [-0.2, -0.15) is 0 Å². The normalized spacial score (nSPS) is 29.4. The Morgan fingerprint density at radius 3 is 2.77 bits per heavy atom. The second-order valence-corrected chi connectivity index (χ2v) is 4.04. The largest absolute Gasteiger partial charge is 0.481 e. The van der Waals surface area contributed by atoms with Crippen LogP contribution in [0.25, 0.3) is 0 Å². The zero-order valence-corrected chi connectivity index (χ0v) is 8.49. The fraction of sp³-hybridized carbons (Fsp3) is 0.900. The third-order valence-corrected chi connectivity index (χ3v) is 3.04. The Kier molecular flexibility index (Phi) is 3.72. The van der Waals surface area contributed by atoms with Crippen LogP contribution in [0.4, 0.5) is 0 Å². The van der Waals surface area contributed by atoms with Gasteiger partial charge < -0.3 is 10.0 Å². The third kappa shape index (κ3) is 2.99. The first-order chi connectivity index (χ1) is 6.13. The van der Waals surface area contributed by atoms with Crippen LogP contribution in [0.1, 0.15) is 32.6 Å². The van der Waals surface area contributed by atoms with Gasteiger partial charge >= 0.3 is 5.97 Å². The average molecular weight is 185 g/mol. The summed E-state index contributed by atoms with van der Waals surface area (Å²) >= 11 is 0. The molecule has 1 aliphatic heterocycles. The number of carbonyl (C=O) groups is 1. The Hall–Kier alpha value is -0.570. The molecule has 3 nitrogen and oxygen atoms in total. The molecule has 1 saturated heterocycles. The van der Waals surface area contributed by atoms with Crippen molar-refractivity contribution < 1.29 is 9.90 Å². The van der Waals surface area contributed by atoms with E-state index in [1.54, 1.807) is 0 Å². The summed E-state index contributed by atoms with van der Waals surface area (Å²) in [4.78, 5) is 12.7. The first-order valence-corrected chi connectivity index (χ1v) is 5.05. The Morgan fingerprint density at radius 2 is 2.31 bits per heavy atom. The van der Waals surface area contributed by atoms with E-state index < -0.39 is 5.97 Å². The lowest BCUT2D eigenvalue weighted by Crippen LogP contribution is -2.25. The monoisotopic (exact) mass is 185 g/mol. The maximum Gasteiger partial charge on any atom is 0.303 e. The Labute approximate surface area is 79.7 Å². The van der Waals surface area contributed by atoms with Crippen molar-refractivity contribution in [3.8, 4) is 0 Å². The van der Waals surface area contributed by atoms with Crippen molar-refractivity contribution in [1.29, 1.82) is 0 Å². The molecule has 1 rings (SSSR count). The van der Waals surface area contributed by atoms with Gasteiger partial charge in [0.25, 0.3) is 0 Å². The van der Waals surface area contributed by atoms with Gasteiger partial charge in [-0.1, -0.05) is 13.3 Å². The standard InChI is InChI=1S/C10H19NO2/c1-3-8-6-9(11(2)7-8)4-5-10(12)13/h8-9H,3-7H2,1-2H3,(H,12,13). The minimum Gasteiger partial charge on any atom is -0.481 e. The molecule has 76 valence electrons. The van der Waals surface area contributed by atoms with Crippen LogP contribution in [0.2, 0.25) is 0 Å². The van der Waals surface area contributed by atoms with Crippen molar-refractivity contribution in [2.75, 3.05) is 13.6 Å². The predicted molar refractivity (Wildman–Crippen MR) is 51.7 cm³/mol. The molecule has 1 N–H and O–H groups in total. The average Bonchev–Trinajstić information content (AvgIpc) is 2.43. The molecule has 0 saturated carbocycles. The van der Waals surface area contributed by atoms with Crippen molar-refractivity contribution in [2.24, 2.45) is 5.92 Å². The molecule has 0 amide bonds. The van der Waals surface area contributed by atoms with Gasteiger partial charge in [0, 0.05) is 19.0 Å². The van der Waals surface area contributed by atoms with Crippen molar-refractivity contribution in [3.63, 3.8) is 0 Å². The molecule has 1 fully saturated rings. The number of likely N-dealkylation sites (tertiary alicyclic amines) is 1. The lowest BCUT2D eigenvalue weighted by molar-refractivity contribution is -0.137. The van der Waals surface area contributed by atoms with Crippen LogP contribution in [0.3, 0.4) is 0 Å². The summed E-state index contributed by atoms with van der Waals surface area (Å²) in [6, 6.07) is 0.501. The van der Waals surface area contributed by atoms with E-state index in [0.29, 0.717) is 12.5 Å². The van der Waals surface area contributed by atoms with E-state index in [-0.39, 0.29) is 0 Å². The van der Waals surface area contributed by atoms with E-state index in [1.165, 1.54) is 12.8 Å². The second-order valence-electron chi connectivity index (χ2n) is 4.04. The van der Waals surface area contributed by atoms with Gasteiger partial charge in [0.1, 0.15) is 0 Å². The first kappa shape index (κ1) is 10.5. The maximum absolute atomic E-state index is 10.4. The summed E-state index contributed by atoms with van der Waals surface area (Å²) in [6.45, 7) is 3.35. The van der Waals surface area contributed by atoms with Gasteiger partial charge in [-0.15, -0.1) is 0 Å². The van der Waals surface area contributed by atoms with Gasteiger partial charge in [-0.05, 0) is 25.8 Å². The Morgan fingerprint density at radius 1 is 1.62 bits per heavy atom.